The van der Waals surface area contributed by atoms with Gasteiger partial charge in [-0.3, -0.25) is 9.78 Å². The van der Waals surface area contributed by atoms with Crippen molar-refractivity contribution in [1.29, 1.82) is 0 Å². The summed E-state index contributed by atoms with van der Waals surface area (Å²) < 4.78 is 0. The number of fused-ring (bicyclic) bond motifs is 1. The van der Waals surface area contributed by atoms with Gasteiger partial charge in [0.1, 0.15) is 0 Å². The average molecular weight is 304 g/mol. The summed E-state index contributed by atoms with van der Waals surface area (Å²) in [5, 5.41) is 3.35. The largest absolute Gasteiger partial charge is 0.311 e. The van der Waals surface area contributed by atoms with Crippen molar-refractivity contribution in [2.24, 2.45) is 0 Å². The number of carbonyl (C=O) groups is 1. The smallest absolute Gasteiger partial charge is 0.231 e. The summed E-state index contributed by atoms with van der Waals surface area (Å²) in [5.41, 5.74) is 3.14. The van der Waals surface area contributed by atoms with Crippen molar-refractivity contribution in [2.45, 2.75) is 13.0 Å². The summed E-state index contributed by atoms with van der Waals surface area (Å²) in [7, 11) is 0. The molecule has 4 nitrogen and oxygen atoms in total. The molecular formula is C16H18ClN3O. The summed E-state index contributed by atoms with van der Waals surface area (Å²) >= 11 is 0. The van der Waals surface area contributed by atoms with Crippen LogP contribution in [-0.4, -0.2) is 24.0 Å². The normalized spacial score (nSPS) is 13.8. The standard InChI is InChI=1S/C16H17N3O.ClH/c20-16(10-13-4-3-7-17-11-13)19-9-8-18-12-14-5-1-2-6-15(14)19;/h1-7,11,18H,8-10,12H2;1H. The van der Waals surface area contributed by atoms with Gasteiger partial charge in [0.15, 0.2) is 0 Å². The van der Waals surface area contributed by atoms with Crippen LogP contribution in [0.2, 0.25) is 0 Å². The van der Waals surface area contributed by atoms with Crippen molar-refractivity contribution in [1.82, 2.24) is 10.3 Å². The highest BCUT2D eigenvalue weighted by Crippen LogP contribution is 2.22. The number of hydrogen-bond acceptors (Lipinski definition) is 3. The molecule has 0 aliphatic carbocycles. The van der Waals surface area contributed by atoms with Crippen molar-refractivity contribution in [3.63, 3.8) is 0 Å². The van der Waals surface area contributed by atoms with E-state index in [-0.39, 0.29) is 18.3 Å². The number of amides is 1. The first kappa shape index (κ1) is 15.5. The van der Waals surface area contributed by atoms with E-state index < -0.39 is 0 Å². The molecule has 0 saturated heterocycles. The molecule has 0 fully saturated rings. The van der Waals surface area contributed by atoms with Crippen molar-refractivity contribution >= 4 is 24.0 Å². The Hall–Kier alpha value is -1.91. The molecule has 2 heterocycles. The Labute approximate surface area is 130 Å². The maximum absolute atomic E-state index is 12.6. The molecule has 1 aliphatic heterocycles. The second-order valence-electron chi connectivity index (χ2n) is 4.89. The zero-order chi connectivity index (χ0) is 13.8. The van der Waals surface area contributed by atoms with E-state index >= 15 is 0 Å². The summed E-state index contributed by atoms with van der Waals surface area (Å²) in [6.45, 7) is 2.33. The topological polar surface area (TPSA) is 45.2 Å². The van der Waals surface area contributed by atoms with E-state index in [4.69, 9.17) is 0 Å². The monoisotopic (exact) mass is 303 g/mol. The lowest BCUT2D eigenvalue weighted by molar-refractivity contribution is -0.118. The van der Waals surface area contributed by atoms with Crippen LogP contribution < -0.4 is 10.2 Å². The molecule has 3 rings (SSSR count). The van der Waals surface area contributed by atoms with Gasteiger partial charge in [-0.15, -0.1) is 12.4 Å². The van der Waals surface area contributed by atoms with Gasteiger partial charge in [0.05, 0.1) is 6.42 Å². The maximum atomic E-state index is 12.6. The Balaban J connectivity index is 0.00000161. The van der Waals surface area contributed by atoms with Gasteiger partial charge in [-0.2, -0.15) is 0 Å². The van der Waals surface area contributed by atoms with E-state index in [2.05, 4.69) is 16.4 Å². The number of hydrogen-bond donors (Lipinski definition) is 1. The van der Waals surface area contributed by atoms with Gasteiger partial charge in [-0.1, -0.05) is 24.3 Å². The third kappa shape index (κ3) is 3.60. The zero-order valence-corrected chi connectivity index (χ0v) is 12.5. The van der Waals surface area contributed by atoms with E-state index in [1.807, 2.05) is 35.2 Å². The van der Waals surface area contributed by atoms with Crippen molar-refractivity contribution in [2.75, 3.05) is 18.0 Å². The number of carbonyl (C=O) groups excluding carboxylic acids is 1. The predicted molar refractivity (Wildman–Crippen MR) is 85.7 cm³/mol. The van der Waals surface area contributed by atoms with Gasteiger partial charge in [0, 0.05) is 37.7 Å². The molecule has 0 atom stereocenters. The summed E-state index contributed by atoms with van der Waals surface area (Å²) in [6.07, 6.45) is 3.86. The second kappa shape index (κ2) is 7.20. The molecule has 110 valence electrons. The van der Waals surface area contributed by atoms with E-state index in [9.17, 15) is 4.79 Å². The van der Waals surface area contributed by atoms with Crippen LogP contribution in [0.25, 0.3) is 0 Å². The van der Waals surface area contributed by atoms with Gasteiger partial charge in [0.25, 0.3) is 0 Å². The summed E-state index contributed by atoms with van der Waals surface area (Å²) in [4.78, 5) is 18.5. The summed E-state index contributed by atoms with van der Waals surface area (Å²) in [6, 6.07) is 11.9. The number of nitrogens with zero attached hydrogens (tertiary/aromatic N) is 2. The molecule has 1 N–H and O–H groups in total. The molecule has 1 amide bonds. The number of rotatable bonds is 2. The van der Waals surface area contributed by atoms with E-state index in [1.54, 1.807) is 12.4 Å². The quantitative estimate of drug-likeness (QED) is 0.925. The van der Waals surface area contributed by atoms with Crippen LogP contribution in [0, 0.1) is 0 Å². The molecule has 2 aromatic rings. The lowest BCUT2D eigenvalue weighted by Crippen LogP contribution is -2.35. The van der Waals surface area contributed by atoms with Gasteiger partial charge >= 0.3 is 0 Å². The van der Waals surface area contributed by atoms with Gasteiger partial charge in [-0.25, -0.2) is 0 Å². The molecule has 0 spiro atoms. The van der Waals surface area contributed by atoms with E-state index in [0.29, 0.717) is 13.0 Å². The number of benzene rings is 1. The molecule has 1 aliphatic rings. The first-order valence-corrected chi connectivity index (χ1v) is 6.82. The molecular weight excluding hydrogens is 286 g/mol. The molecule has 1 aromatic heterocycles. The fourth-order valence-corrected chi connectivity index (χ4v) is 2.49. The number of anilines is 1. The lowest BCUT2D eigenvalue weighted by atomic mass is 10.1. The Morgan fingerprint density at radius 3 is 2.90 bits per heavy atom. The Morgan fingerprint density at radius 1 is 1.24 bits per heavy atom. The minimum Gasteiger partial charge on any atom is -0.311 e. The molecule has 0 unspecified atom stereocenters. The molecule has 0 radical (unpaired) electrons. The number of nitrogens with one attached hydrogen (secondary N) is 1. The van der Waals surface area contributed by atoms with Crippen molar-refractivity contribution in [3.8, 4) is 0 Å². The highest BCUT2D eigenvalue weighted by atomic mass is 35.5. The average Bonchev–Trinajstić information content (AvgIpc) is 2.70. The number of para-hydroxylation sites is 1. The summed E-state index contributed by atoms with van der Waals surface area (Å²) in [5.74, 6) is 0.120. The van der Waals surface area contributed by atoms with E-state index in [1.165, 1.54) is 5.56 Å². The van der Waals surface area contributed by atoms with Gasteiger partial charge in [-0.05, 0) is 23.3 Å². The SMILES string of the molecule is Cl.O=C(Cc1cccnc1)N1CCNCc2ccccc21. The molecule has 1 aromatic carbocycles. The zero-order valence-electron chi connectivity index (χ0n) is 11.7. The van der Waals surface area contributed by atoms with Crippen molar-refractivity contribution < 1.29 is 4.79 Å². The second-order valence-corrected chi connectivity index (χ2v) is 4.89. The van der Waals surface area contributed by atoms with Crippen LogP contribution in [0.4, 0.5) is 5.69 Å². The molecule has 0 saturated carbocycles. The highest BCUT2D eigenvalue weighted by Gasteiger charge is 2.20. The minimum atomic E-state index is 0. The van der Waals surface area contributed by atoms with Crippen molar-refractivity contribution in [3.05, 3.63) is 59.9 Å². The van der Waals surface area contributed by atoms with Crippen LogP contribution in [0.3, 0.4) is 0 Å². The molecule has 0 bridgehead atoms. The molecule has 21 heavy (non-hydrogen) atoms. The Kier molecular flexibility index (Phi) is 5.31. The molecule has 5 heteroatoms. The van der Waals surface area contributed by atoms with Crippen LogP contribution in [0.15, 0.2) is 48.8 Å². The van der Waals surface area contributed by atoms with Crippen LogP contribution in [0.1, 0.15) is 11.1 Å². The third-order valence-corrected chi connectivity index (χ3v) is 3.49. The van der Waals surface area contributed by atoms with Gasteiger partial charge < -0.3 is 10.2 Å². The Bertz CT molecular complexity index is 603. The number of aromatic nitrogens is 1. The fourth-order valence-electron chi connectivity index (χ4n) is 2.49. The van der Waals surface area contributed by atoms with Crippen LogP contribution >= 0.6 is 12.4 Å². The van der Waals surface area contributed by atoms with E-state index in [0.717, 1.165) is 24.3 Å². The Morgan fingerprint density at radius 2 is 2.10 bits per heavy atom. The van der Waals surface area contributed by atoms with Crippen LogP contribution in [-0.2, 0) is 17.8 Å². The highest BCUT2D eigenvalue weighted by molar-refractivity contribution is 5.95. The predicted octanol–water partition coefficient (Wildman–Crippen LogP) is 2.18. The number of pyridine rings is 1. The van der Waals surface area contributed by atoms with Gasteiger partial charge in [0.2, 0.25) is 5.91 Å². The third-order valence-electron chi connectivity index (χ3n) is 3.49. The maximum Gasteiger partial charge on any atom is 0.231 e. The first-order chi connectivity index (χ1) is 9.84. The minimum absolute atomic E-state index is 0. The lowest BCUT2D eigenvalue weighted by Gasteiger charge is -2.22. The number of halogens is 1. The van der Waals surface area contributed by atoms with Crippen LogP contribution in [0.5, 0.6) is 0 Å². The fraction of sp³-hybridized carbons (Fsp3) is 0.250. The first-order valence-electron chi connectivity index (χ1n) is 6.82.